The van der Waals surface area contributed by atoms with Crippen molar-refractivity contribution in [2.45, 2.75) is 32.9 Å². The van der Waals surface area contributed by atoms with Gasteiger partial charge in [0.2, 0.25) is 0 Å². The summed E-state index contributed by atoms with van der Waals surface area (Å²) in [6, 6.07) is 8.16. The average molecular weight is 273 g/mol. The normalized spacial score (nSPS) is 10.7. The zero-order chi connectivity index (χ0) is 14.2. The van der Waals surface area contributed by atoms with Crippen LogP contribution in [0.3, 0.4) is 0 Å². The van der Waals surface area contributed by atoms with Crippen molar-refractivity contribution in [2.24, 2.45) is 0 Å². The molecule has 0 aliphatic heterocycles. The minimum atomic E-state index is 0.808. The van der Waals surface area contributed by atoms with Crippen molar-refractivity contribution in [1.82, 2.24) is 14.9 Å². The standard InChI is InChI=1S/C16H23N3O/c1-3-11-19-12-10-18-16(19)13-17-9-8-14-6-4-5-7-15(14)20-2/h4-7,10,12,17H,3,8-9,11,13H2,1-2H3. The predicted molar refractivity (Wildman–Crippen MR) is 80.9 cm³/mol. The number of benzene rings is 1. The van der Waals surface area contributed by atoms with Gasteiger partial charge in [-0.15, -0.1) is 0 Å². The molecule has 1 N–H and O–H groups in total. The molecule has 1 aromatic heterocycles. The fraction of sp³-hybridized carbons (Fsp3) is 0.438. The molecular formula is C16H23N3O. The third-order valence-electron chi connectivity index (χ3n) is 3.31. The van der Waals surface area contributed by atoms with Crippen molar-refractivity contribution >= 4 is 0 Å². The molecule has 4 heteroatoms. The largest absolute Gasteiger partial charge is 0.496 e. The molecule has 4 nitrogen and oxygen atoms in total. The van der Waals surface area contributed by atoms with Crippen molar-refractivity contribution in [1.29, 1.82) is 0 Å². The maximum atomic E-state index is 5.36. The first-order valence-corrected chi connectivity index (χ1v) is 7.17. The lowest BCUT2D eigenvalue weighted by Gasteiger charge is -2.10. The molecule has 2 rings (SSSR count). The SMILES string of the molecule is CCCn1ccnc1CNCCc1ccccc1OC. The van der Waals surface area contributed by atoms with Gasteiger partial charge >= 0.3 is 0 Å². The van der Waals surface area contributed by atoms with Crippen LogP contribution in [0.1, 0.15) is 24.7 Å². The molecule has 0 saturated carbocycles. The Morgan fingerprint density at radius 1 is 1.30 bits per heavy atom. The van der Waals surface area contributed by atoms with Crippen molar-refractivity contribution < 1.29 is 4.74 Å². The fourth-order valence-corrected chi connectivity index (χ4v) is 2.28. The Bertz CT molecular complexity index is 522. The van der Waals surface area contributed by atoms with Gasteiger partial charge in [-0.3, -0.25) is 0 Å². The van der Waals surface area contributed by atoms with Gasteiger partial charge < -0.3 is 14.6 Å². The van der Waals surface area contributed by atoms with Crippen LogP contribution in [-0.2, 0) is 19.5 Å². The number of nitrogens with one attached hydrogen (secondary N) is 1. The highest BCUT2D eigenvalue weighted by molar-refractivity contribution is 5.33. The van der Waals surface area contributed by atoms with Crippen LogP contribution in [0.2, 0.25) is 0 Å². The lowest BCUT2D eigenvalue weighted by molar-refractivity contribution is 0.409. The second-order valence-corrected chi connectivity index (χ2v) is 4.78. The molecule has 108 valence electrons. The van der Waals surface area contributed by atoms with E-state index in [0.29, 0.717) is 0 Å². The second-order valence-electron chi connectivity index (χ2n) is 4.78. The Kier molecular flexibility index (Phi) is 5.62. The van der Waals surface area contributed by atoms with Gasteiger partial charge in [-0.05, 0) is 31.0 Å². The number of hydrogen-bond acceptors (Lipinski definition) is 3. The van der Waals surface area contributed by atoms with E-state index in [9.17, 15) is 0 Å². The first kappa shape index (κ1) is 14.6. The predicted octanol–water partition coefficient (Wildman–Crippen LogP) is 2.63. The Morgan fingerprint density at radius 2 is 2.15 bits per heavy atom. The highest BCUT2D eigenvalue weighted by Gasteiger charge is 2.03. The van der Waals surface area contributed by atoms with Crippen LogP contribution in [0, 0.1) is 0 Å². The van der Waals surface area contributed by atoms with E-state index in [1.165, 1.54) is 5.56 Å². The van der Waals surface area contributed by atoms with Crippen molar-refractivity contribution in [3.63, 3.8) is 0 Å². The number of methoxy groups -OCH3 is 1. The summed E-state index contributed by atoms with van der Waals surface area (Å²) in [5.74, 6) is 2.06. The van der Waals surface area contributed by atoms with E-state index in [-0.39, 0.29) is 0 Å². The van der Waals surface area contributed by atoms with Crippen LogP contribution in [0.5, 0.6) is 5.75 Å². The van der Waals surface area contributed by atoms with Gasteiger partial charge in [0.05, 0.1) is 13.7 Å². The van der Waals surface area contributed by atoms with Gasteiger partial charge in [0.25, 0.3) is 0 Å². The third kappa shape index (κ3) is 3.84. The number of rotatable bonds is 8. The molecule has 0 spiro atoms. The van der Waals surface area contributed by atoms with Crippen molar-refractivity contribution in [3.8, 4) is 5.75 Å². The van der Waals surface area contributed by atoms with Crippen LogP contribution < -0.4 is 10.1 Å². The molecule has 2 aromatic rings. The number of nitrogens with zero attached hydrogens (tertiary/aromatic N) is 2. The molecule has 0 radical (unpaired) electrons. The zero-order valence-corrected chi connectivity index (χ0v) is 12.3. The molecule has 20 heavy (non-hydrogen) atoms. The Morgan fingerprint density at radius 3 is 2.95 bits per heavy atom. The number of ether oxygens (including phenoxy) is 1. The van der Waals surface area contributed by atoms with Crippen LogP contribution in [-0.4, -0.2) is 23.2 Å². The van der Waals surface area contributed by atoms with Gasteiger partial charge in [0.15, 0.2) is 0 Å². The average Bonchev–Trinajstić information content (AvgIpc) is 2.92. The molecule has 0 aliphatic carbocycles. The summed E-state index contributed by atoms with van der Waals surface area (Å²) in [6.07, 6.45) is 6.00. The summed E-state index contributed by atoms with van der Waals surface area (Å²) < 4.78 is 7.56. The van der Waals surface area contributed by atoms with E-state index in [2.05, 4.69) is 27.9 Å². The molecular weight excluding hydrogens is 250 g/mol. The maximum absolute atomic E-state index is 5.36. The summed E-state index contributed by atoms with van der Waals surface area (Å²) in [4.78, 5) is 4.39. The van der Waals surface area contributed by atoms with Crippen LogP contribution >= 0.6 is 0 Å². The Hall–Kier alpha value is -1.81. The zero-order valence-electron chi connectivity index (χ0n) is 12.3. The van der Waals surface area contributed by atoms with Crippen LogP contribution in [0.4, 0.5) is 0 Å². The molecule has 0 bridgehead atoms. The van der Waals surface area contributed by atoms with Gasteiger partial charge in [-0.1, -0.05) is 25.1 Å². The first-order chi connectivity index (χ1) is 9.85. The summed E-state index contributed by atoms with van der Waals surface area (Å²) >= 11 is 0. The van der Waals surface area contributed by atoms with E-state index in [1.807, 2.05) is 30.6 Å². The lowest BCUT2D eigenvalue weighted by atomic mass is 10.1. The molecule has 1 heterocycles. The van der Waals surface area contributed by atoms with E-state index in [0.717, 1.165) is 44.0 Å². The summed E-state index contributed by atoms with van der Waals surface area (Å²) in [6.45, 7) is 4.93. The first-order valence-electron chi connectivity index (χ1n) is 7.17. The van der Waals surface area contributed by atoms with Crippen molar-refractivity contribution in [3.05, 3.63) is 48.0 Å². The minimum absolute atomic E-state index is 0.808. The molecule has 0 fully saturated rings. The molecule has 0 amide bonds. The molecule has 0 saturated heterocycles. The van der Waals surface area contributed by atoms with E-state index < -0.39 is 0 Å². The molecule has 1 aromatic carbocycles. The highest BCUT2D eigenvalue weighted by Crippen LogP contribution is 2.17. The smallest absolute Gasteiger partial charge is 0.122 e. The van der Waals surface area contributed by atoms with Gasteiger partial charge in [0, 0.05) is 18.9 Å². The quantitative estimate of drug-likeness (QED) is 0.752. The summed E-state index contributed by atoms with van der Waals surface area (Å²) in [5, 5.41) is 3.45. The molecule has 0 aliphatic rings. The topological polar surface area (TPSA) is 39.1 Å². The highest BCUT2D eigenvalue weighted by atomic mass is 16.5. The fourth-order valence-electron chi connectivity index (χ4n) is 2.28. The summed E-state index contributed by atoms with van der Waals surface area (Å²) in [5.41, 5.74) is 1.24. The minimum Gasteiger partial charge on any atom is -0.496 e. The monoisotopic (exact) mass is 273 g/mol. The Balaban J connectivity index is 1.80. The second kappa shape index (κ2) is 7.70. The molecule has 0 unspecified atom stereocenters. The van der Waals surface area contributed by atoms with E-state index in [1.54, 1.807) is 7.11 Å². The number of aryl methyl sites for hydroxylation is 1. The number of aromatic nitrogens is 2. The number of hydrogen-bond donors (Lipinski definition) is 1. The third-order valence-corrected chi connectivity index (χ3v) is 3.31. The molecule has 0 atom stereocenters. The lowest BCUT2D eigenvalue weighted by Crippen LogP contribution is -2.19. The number of para-hydroxylation sites is 1. The van der Waals surface area contributed by atoms with Gasteiger partial charge in [0.1, 0.15) is 11.6 Å². The number of imidazole rings is 1. The Labute approximate surface area is 120 Å². The van der Waals surface area contributed by atoms with E-state index in [4.69, 9.17) is 4.74 Å². The maximum Gasteiger partial charge on any atom is 0.122 e. The van der Waals surface area contributed by atoms with Crippen molar-refractivity contribution in [2.75, 3.05) is 13.7 Å². The van der Waals surface area contributed by atoms with Gasteiger partial charge in [-0.25, -0.2) is 4.98 Å². The van der Waals surface area contributed by atoms with Gasteiger partial charge in [-0.2, -0.15) is 0 Å². The van der Waals surface area contributed by atoms with E-state index >= 15 is 0 Å². The van der Waals surface area contributed by atoms with Crippen LogP contribution in [0.15, 0.2) is 36.7 Å². The van der Waals surface area contributed by atoms with Crippen LogP contribution in [0.25, 0.3) is 0 Å². The summed E-state index contributed by atoms with van der Waals surface area (Å²) in [7, 11) is 1.72.